The van der Waals surface area contributed by atoms with E-state index in [9.17, 15) is 13.2 Å². The molecule has 1 aromatic rings. The van der Waals surface area contributed by atoms with Gasteiger partial charge in [-0.15, -0.1) is 0 Å². The van der Waals surface area contributed by atoms with Crippen molar-refractivity contribution < 1.29 is 18.3 Å². The lowest BCUT2D eigenvalue weighted by atomic mass is 10.2. The second kappa shape index (κ2) is 5.86. The number of piperazine rings is 1. The Morgan fingerprint density at radius 1 is 1.55 bits per heavy atom. The van der Waals surface area contributed by atoms with Crippen molar-refractivity contribution >= 4 is 16.0 Å². The molecule has 1 fully saturated rings. The first-order valence-corrected chi connectivity index (χ1v) is 7.80. The highest BCUT2D eigenvalue weighted by atomic mass is 32.2. The van der Waals surface area contributed by atoms with E-state index in [1.165, 1.54) is 13.1 Å². The number of hydrogen-bond acceptors (Lipinski definition) is 5. The molecule has 8 heteroatoms. The van der Waals surface area contributed by atoms with E-state index in [1.807, 2.05) is 0 Å². The highest BCUT2D eigenvalue weighted by molar-refractivity contribution is 7.89. The standard InChI is InChI=1S/C12H17N3O4S/c1-9(10-4-2-3-5-14-10)20(18,19)15-7-6-13-8-11(15)12(16)17/h2-5,9,11,13H,6-8H2,1H3,(H,16,17)/t9-,11+/m1/s1. The molecule has 1 aliphatic heterocycles. The molecular weight excluding hydrogens is 282 g/mol. The summed E-state index contributed by atoms with van der Waals surface area (Å²) in [6.07, 6.45) is 1.52. The number of rotatable bonds is 4. The summed E-state index contributed by atoms with van der Waals surface area (Å²) in [4.78, 5) is 15.2. The quantitative estimate of drug-likeness (QED) is 0.801. The highest BCUT2D eigenvalue weighted by Crippen LogP contribution is 2.25. The minimum Gasteiger partial charge on any atom is -0.480 e. The summed E-state index contributed by atoms with van der Waals surface area (Å²) in [5.74, 6) is -1.14. The first kappa shape index (κ1) is 14.9. The zero-order valence-corrected chi connectivity index (χ0v) is 11.9. The van der Waals surface area contributed by atoms with Crippen molar-refractivity contribution in [2.75, 3.05) is 19.6 Å². The van der Waals surface area contributed by atoms with E-state index in [1.54, 1.807) is 18.2 Å². The zero-order valence-electron chi connectivity index (χ0n) is 11.1. The molecule has 0 saturated carbocycles. The second-order valence-corrected chi connectivity index (χ2v) is 6.82. The Morgan fingerprint density at radius 3 is 2.90 bits per heavy atom. The summed E-state index contributed by atoms with van der Waals surface area (Å²) in [5, 5.41) is 11.2. The van der Waals surface area contributed by atoms with Crippen LogP contribution in [0.4, 0.5) is 0 Å². The van der Waals surface area contributed by atoms with Crippen LogP contribution in [-0.2, 0) is 14.8 Å². The lowest BCUT2D eigenvalue weighted by Crippen LogP contribution is -2.57. The normalized spacial score (nSPS) is 22.4. The molecule has 2 atom stereocenters. The predicted molar refractivity (Wildman–Crippen MR) is 72.6 cm³/mol. The van der Waals surface area contributed by atoms with Gasteiger partial charge in [0.1, 0.15) is 11.3 Å². The van der Waals surface area contributed by atoms with Crippen LogP contribution in [-0.4, -0.2) is 54.5 Å². The number of nitrogens with zero attached hydrogens (tertiary/aromatic N) is 2. The van der Waals surface area contributed by atoms with Crippen molar-refractivity contribution in [2.24, 2.45) is 0 Å². The first-order valence-electron chi connectivity index (χ1n) is 6.29. The summed E-state index contributed by atoms with van der Waals surface area (Å²) in [6.45, 7) is 2.23. The summed E-state index contributed by atoms with van der Waals surface area (Å²) in [7, 11) is -3.76. The number of pyridine rings is 1. The molecule has 110 valence electrons. The number of nitrogens with one attached hydrogen (secondary N) is 1. The third-order valence-corrected chi connectivity index (χ3v) is 5.58. The number of aliphatic carboxylic acids is 1. The van der Waals surface area contributed by atoms with E-state index in [0.29, 0.717) is 12.2 Å². The van der Waals surface area contributed by atoms with Gasteiger partial charge in [-0.25, -0.2) is 8.42 Å². The van der Waals surface area contributed by atoms with Crippen LogP contribution in [0, 0.1) is 0 Å². The summed E-state index contributed by atoms with van der Waals surface area (Å²) in [6, 6.07) is 3.97. The van der Waals surface area contributed by atoms with Crippen LogP contribution in [0.25, 0.3) is 0 Å². The van der Waals surface area contributed by atoms with Crippen LogP contribution < -0.4 is 5.32 Å². The van der Waals surface area contributed by atoms with Crippen molar-refractivity contribution in [3.8, 4) is 0 Å². The second-order valence-electron chi connectivity index (χ2n) is 4.61. The third kappa shape index (κ3) is 2.82. The van der Waals surface area contributed by atoms with Crippen molar-refractivity contribution in [1.82, 2.24) is 14.6 Å². The van der Waals surface area contributed by atoms with Crippen LogP contribution >= 0.6 is 0 Å². The molecule has 2 heterocycles. The number of carbonyl (C=O) groups is 1. The van der Waals surface area contributed by atoms with Crippen molar-refractivity contribution in [3.63, 3.8) is 0 Å². The van der Waals surface area contributed by atoms with Crippen LogP contribution in [0.5, 0.6) is 0 Å². The Labute approximate surface area is 117 Å². The van der Waals surface area contributed by atoms with E-state index in [-0.39, 0.29) is 13.1 Å². The number of aromatic nitrogens is 1. The molecule has 7 nitrogen and oxygen atoms in total. The minimum absolute atomic E-state index is 0.115. The van der Waals surface area contributed by atoms with Gasteiger partial charge >= 0.3 is 5.97 Å². The maximum atomic E-state index is 12.6. The van der Waals surface area contributed by atoms with Crippen LogP contribution in [0.2, 0.25) is 0 Å². The minimum atomic E-state index is -3.76. The number of carboxylic acids is 1. The van der Waals surface area contributed by atoms with Gasteiger partial charge in [0, 0.05) is 25.8 Å². The first-order chi connectivity index (χ1) is 9.44. The van der Waals surface area contributed by atoms with Gasteiger partial charge in [0.15, 0.2) is 0 Å². The molecular formula is C12H17N3O4S. The molecule has 0 aromatic carbocycles. The number of hydrogen-bond donors (Lipinski definition) is 2. The van der Waals surface area contributed by atoms with Gasteiger partial charge in [-0.1, -0.05) is 6.07 Å². The lowest BCUT2D eigenvalue weighted by Gasteiger charge is -2.34. The van der Waals surface area contributed by atoms with Gasteiger partial charge in [-0.2, -0.15) is 4.31 Å². The molecule has 2 N–H and O–H groups in total. The molecule has 0 bridgehead atoms. The van der Waals surface area contributed by atoms with Gasteiger partial charge in [0.2, 0.25) is 10.0 Å². The Bertz CT molecular complexity index is 576. The largest absolute Gasteiger partial charge is 0.480 e. The monoisotopic (exact) mass is 299 g/mol. The van der Waals surface area contributed by atoms with E-state index in [0.717, 1.165) is 4.31 Å². The van der Waals surface area contributed by atoms with Gasteiger partial charge in [-0.3, -0.25) is 9.78 Å². The predicted octanol–water partition coefficient (Wildman–Crippen LogP) is -0.169. The summed E-state index contributed by atoms with van der Waals surface area (Å²) in [5.41, 5.74) is 0.412. The summed E-state index contributed by atoms with van der Waals surface area (Å²) < 4.78 is 26.3. The van der Waals surface area contributed by atoms with Crippen molar-refractivity contribution in [3.05, 3.63) is 30.1 Å². The molecule has 20 heavy (non-hydrogen) atoms. The fraction of sp³-hybridized carbons (Fsp3) is 0.500. The topological polar surface area (TPSA) is 99.6 Å². The van der Waals surface area contributed by atoms with Gasteiger partial charge in [-0.05, 0) is 19.1 Å². The lowest BCUT2D eigenvalue weighted by molar-refractivity contribution is -0.141. The average Bonchev–Trinajstić information content (AvgIpc) is 2.47. The van der Waals surface area contributed by atoms with E-state index in [4.69, 9.17) is 5.11 Å². The smallest absolute Gasteiger partial charge is 0.323 e. The van der Waals surface area contributed by atoms with Crippen LogP contribution in [0.1, 0.15) is 17.9 Å². The highest BCUT2D eigenvalue weighted by Gasteiger charge is 2.40. The van der Waals surface area contributed by atoms with Gasteiger partial charge in [0.25, 0.3) is 0 Å². The van der Waals surface area contributed by atoms with Crippen LogP contribution in [0.15, 0.2) is 24.4 Å². The van der Waals surface area contributed by atoms with Crippen molar-refractivity contribution in [1.29, 1.82) is 0 Å². The molecule has 1 saturated heterocycles. The maximum absolute atomic E-state index is 12.6. The van der Waals surface area contributed by atoms with E-state index < -0.39 is 27.3 Å². The molecule has 1 aliphatic rings. The molecule has 0 aliphatic carbocycles. The fourth-order valence-electron chi connectivity index (χ4n) is 2.17. The summed E-state index contributed by atoms with van der Waals surface area (Å²) >= 11 is 0. The Kier molecular flexibility index (Phi) is 4.36. The molecule has 1 aromatic heterocycles. The molecule has 0 radical (unpaired) electrons. The average molecular weight is 299 g/mol. The number of sulfonamides is 1. The van der Waals surface area contributed by atoms with Crippen molar-refractivity contribution in [2.45, 2.75) is 18.2 Å². The van der Waals surface area contributed by atoms with Gasteiger partial charge < -0.3 is 10.4 Å². The molecule has 0 spiro atoms. The molecule has 2 rings (SSSR count). The maximum Gasteiger partial charge on any atom is 0.323 e. The van der Waals surface area contributed by atoms with Gasteiger partial charge in [0.05, 0.1) is 5.69 Å². The third-order valence-electron chi connectivity index (χ3n) is 3.36. The van der Waals surface area contributed by atoms with Crippen LogP contribution in [0.3, 0.4) is 0 Å². The Hall–Kier alpha value is -1.51. The zero-order chi connectivity index (χ0) is 14.8. The SMILES string of the molecule is C[C@H](c1ccccn1)S(=O)(=O)N1CCNC[C@H]1C(=O)O. The fourth-order valence-corrected chi connectivity index (χ4v) is 3.89. The molecule has 0 amide bonds. The van der Waals surface area contributed by atoms with E-state index >= 15 is 0 Å². The van der Waals surface area contributed by atoms with E-state index in [2.05, 4.69) is 10.3 Å². The molecule has 0 unspecified atom stereocenters. The Morgan fingerprint density at radius 2 is 2.30 bits per heavy atom. The Balaban J connectivity index is 2.31. The number of carboxylic acid groups (broad SMARTS) is 1.